The molecule has 0 aliphatic heterocycles. The zero-order valence-electron chi connectivity index (χ0n) is 18.0. The van der Waals surface area contributed by atoms with Crippen LogP contribution in [0.5, 0.6) is 5.75 Å². The Kier molecular flexibility index (Phi) is 7.82. The average Bonchev–Trinajstić information content (AvgIpc) is 2.81. The van der Waals surface area contributed by atoms with Crippen LogP contribution in [-0.2, 0) is 29.1 Å². The van der Waals surface area contributed by atoms with E-state index in [0.717, 1.165) is 22.4 Å². The molecule has 160 valence electrons. The standard InChI is InChI=1S/C26H28N2O3/c1-20(29)28(19-23-11-7-4-8-12-23)25(17-21-9-5-3-6-10-21)26(30)27-18-22-13-15-24(31-2)16-14-22/h3-16,25H,17-19H2,1-2H3,(H,27,30). The summed E-state index contributed by atoms with van der Waals surface area (Å²) in [6, 6.07) is 26.4. The van der Waals surface area contributed by atoms with Gasteiger partial charge in [0.2, 0.25) is 11.8 Å². The van der Waals surface area contributed by atoms with Crippen LogP contribution in [0.3, 0.4) is 0 Å². The molecular formula is C26H28N2O3. The number of rotatable bonds is 9. The van der Waals surface area contributed by atoms with Crippen LogP contribution in [-0.4, -0.2) is 29.9 Å². The third kappa shape index (κ3) is 6.44. The number of methoxy groups -OCH3 is 1. The highest BCUT2D eigenvalue weighted by molar-refractivity contribution is 5.87. The number of benzene rings is 3. The van der Waals surface area contributed by atoms with Crippen molar-refractivity contribution in [2.45, 2.75) is 32.5 Å². The van der Waals surface area contributed by atoms with Gasteiger partial charge in [-0.1, -0.05) is 72.8 Å². The first-order valence-electron chi connectivity index (χ1n) is 10.3. The maximum atomic E-state index is 13.3. The maximum absolute atomic E-state index is 13.3. The number of ether oxygens (including phenoxy) is 1. The molecule has 0 heterocycles. The van der Waals surface area contributed by atoms with Gasteiger partial charge < -0.3 is 15.0 Å². The van der Waals surface area contributed by atoms with Gasteiger partial charge in [0.15, 0.2) is 0 Å². The maximum Gasteiger partial charge on any atom is 0.243 e. The first-order chi connectivity index (χ1) is 15.1. The van der Waals surface area contributed by atoms with Gasteiger partial charge in [0, 0.05) is 26.4 Å². The van der Waals surface area contributed by atoms with Gasteiger partial charge in [0.25, 0.3) is 0 Å². The van der Waals surface area contributed by atoms with Crippen LogP contribution in [0.15, 0.2) is 84.9 Å². The Labute approximate surface area is 183 Å². The van der Waals surface area contributed by atoms with Crippen molar-refractivity contribution in [2.24, 2.45) is 0 Å². The SMILES string of the molecule is COc1ccc(CNC(=O)C(Cc2ccccc2)N(Cc2ccccc2)C(C)=O)cc1. The highest BCUT2D eigenvalue weighted by Gasteiger charge is 2.28. The fourth-order valence-electron chi connectivity index (χ4n) is 3.45. The van der Waals surface area contributed by atoms with E-state index >= 15 is 0 Å². The fraction of sp³-hybridized carbons (Fsp3) is 0.231. The molecule has 0 bridgehead atoms. The van der Waals surface area contributed by atoms with Crippen LogP contribution in [0.2, 0.25) is 0 Å². The number of carbonyl (C=O) groups is 2. The molecule has 0 aliphatic rings. The second-order valence-corrected chi connectivity index (χ2v) is 7.40. The minimum atomic E-state index is -0.613. The highest BCUT2D eigenvalue weighted by atomic mass is 16.5. The van der Waals surface area contributed by atoms with Gasteiger partial charge in [-0.05, 0) is 28.8 Å². The number of hydrogen-bond donors (Lipinski definition) is 1. The zero-order valence-corrected chi connectivity index (χ0v) is 18.0. The van der Waals surface area contributed by atoms with Crippen molar-refractivity contribution in [1.29, 1.82) is 0 Å². The second-order valence-electron chi connectivity index (χ2n) is 7.40. The normalized spacial score (nSPS) is 11.4. The molecule has 3 aromatic carbocycles. The molecule has 3 aromatic rings. The monoisotopic (exact) mass is 416 g/mol. The zero-order chi connectivity index (χ0) is 22.1. The number of hydrogen-bond acceptors (Lipinski definition) is 3. The summed E-state index contributed by atoms with van der Waals surface area (Å²) in [5.41, 5.74) is 2.95. The van der Waals surface area contributed by atoms with Crippen molar-refractivity contribution in [3.05, 3.63) is 102 Å². The van der Waals surface area contributed by atoms with Gasteiger partial charge >= 0.3 is 0 Å². The van der Waals surface area contributed by atoms with Crippen molar-refractivity contribution in [3.8, 4) is 5.75 Å². The van der Waals surface area contributed by atoms with Crippen molar-refractivity contribution < 1.29 is 14.3 Å². The number of amides is 2. The van der Waals surface area contributed by atoms with E-state index in [1.54, 1.807) is 12.0 Å². The van der Waals surface area contributed by atoms with Gasteiger partial charge in [-0.3, -0.25) is 9.59 Å². The summed E-state index contributed by atoms with van der Waals surface area (Å²) in [4.78, 5) is 27.5. The molecule has 3 rings (SSSR count). The van der Waals surface area contributed by atoms with Crippen LogP contribution in [0.25, 0.3) is 0 Å². The smallest absolute Gasteiger partial charge is 0.243 e. The lowest BCUT2D eigenvalue weighted by molar-refractivity contribution is -0.139. The van der Waals surface area contributed by atoms with Gasteiger partial charge in [-0.2, -0.15) is 0 Å². The van der Waals surface area contributed by atoms with E-state index in [2.05, 4.69) is 5.32 Å². The molecule has 0 saturated heterocycles. The minimum absolute atomic E-state index is 0.135. The number of nitrogens with one attached hydrogen (secondary N) is 1. The first-order valence-corrected chi connectivity index (χ1v) is 10.3. The first kappa shape index (κ1) is 22.1. The van der Waals surface area contributed by atoms with Gasteiger partial charge in [0.05, 0.1) is 7.11 Å². The second kappa shape index (κ2) is 11.0. The minimum Gasteiger partial charge on any atom is -0.497 e. The quantitative estimate of drug-likeness (QED) is 0.574. The predicted molar refractivity (Wildman–Crippen MR) is 121 cm³/mol. The lowest BCUT2D eigenvalue weighted by atomic mass is 10.0. The Morgan fingerprint density at radius 2 is 1.42 bits per heavy atom. The Hall–Kier alpha value is -3.60. The third-order valence-electron chi connectivity index (χ3n) is 5.18. The molecule has 1 atom stereocenters. The molecule has 5 nitrogen and oxygen atoms in total. The summed E-state index contributed by atoms with van der Waals surface area (Å²) in [5, 5.41) is 3.00. The third-order valence-corrected chi connectivity index (χ3v) is 5.18. The fourth-order valence-corrected chi connectivity index (χ4v) is 3.45. The topological polar surface area (TPSA) is 58.6 Å². The van der Waals surface area contributed by atoms with E-state index in [0.29, 0.717) is 19.5 Å². The summed E-state index contributed by atoms with van der Waals surface area (Å²) in [6.45, 7) is 2.27. The van der Waals surface area contributed by atoms with Crippen molar-refractivity contribution >= 4 is 11.8 Å². The van der Waals surface area contributed by atoms with Crippen LogP contribution >= 0.6 is 0 Å². The summed E-state index contributed by atoms with van der Waals surface area (Å²) in [5.74, 6) is 0.456. The lowest BCUT2D eigenvalue weighted by Gasteiger charge is -2.30. The molecule has 0 spiro atoms. The van der Waals surface area contributed by atoms with E-state index in [1.165, 1.54) is 6.92 Å². The highest BCUT2D eigenvalue weighted by Crippen LogP contribution is 2.15. The van der Waals surface area contributed by atoms with E-state index < -0.39 is 6.04 Å². The largest absolute Gasteiger partial charge is 0.497 e. The summed E-state index contributed by atoms with van der Waals surface area (Å²) in [6.07, 6.45) is 0.446. The van der Waals surface area contributed by atoms with Crippen molar-refractivity contribution in [3.63, 3.8) is 0 Å². The number of carbonyl (C=O) groups excluding carboxylic acids is 2. The van der Waals surface area contributed by atoms with Gasteiger partial charge in [-0.15, -0.1) is 0 Å². The summed E-state index contributed by atoms with van der Waals surface area (Å²) < 4.78 is 5.18. The molecule has 2 amide bonds. The van der Waals surface area contributed by atoms with Crippen LogP contribution in [0.1, 0.15) is 23.6 Å². The number of nitrogens with zero attached hydrogens (tertiary/aromatic N) is 1. The Balaban J connectivity index is 1.79. The molecule has 0 saturated carbocycles. The molecule has 5 heteroatoms. The van der Waals surface area contributed by atoms with E-state index in [9.17, 15) is 9.59 Å². The van der Waals surface area contributed by atoms with E-state index in [4.69, 9.17) is 4.74 Å². The summed E-state index contributed by atoms with van der Waals surface area (Å²) in [7, 11) is 1.62. The van der Waals surface area contributed by atoms with Crippen LogP contribution in [0, 0.1) is 0 Å². The summed E-state index contributed by atoms with van der Waals surface area (Å²) >= 11 is 0. The molecule has 1 N–H and O–H groups in total. The molecule has 0 radical (unpaired) electrons. The van der Waals surface area contributed by atoms with Gasteiger partial charge in [-0.25, -0.2) is 0 Å². The Morgan fingerprint density at radius 1 is 0.839 bits per heavy atom. The van der Waals surface area contributed by atoms with Crippen molar-refractivity contribution in [1.82, 2.24) is 10.2 Å². The van der Waals surface area contributed by atoms with E-state index in [-0.39, 0.29) is 11.8 Å². The van der Waals surface area contributed by atoms with Gasteiger partial charge in [0.1, 0.15) is 11.8 Å². The van der Waals surface area contributed by atoms with Crippen LogP contribution < -0.4 is 10.1 Å². The Morgan fingerprint density at radius 3 is 1.97 bits per heavy atom. The predicted octanol–water partition coefficient (Wildman–Crippen LogP) is 3.97. The molecule has 0 fully saturated rings. The Bertz CT molecular complexity index is 973. The molecular weight excluding hydrogens is 388 g/mol. The van der Waals surface area contributed by atoms with E-state index in [1.807, 2.05) is 84.9 Å². The molecule has 1 unspecified atom stereocenters. The molecule has 0 aliphatic carbocycles. The molecule has 0 aromatic heterocycles. The average molecular weight is 417 g/mol. The van der Waals surface area contributed by atoms with Crippen molar-refractivity contribution in [2.75, 3.05) is 7.11 Å². The van der Waals surface area contributed by atoms with Crippen LogP contribution in [0.4, 0.5) is 0 Å². The lowest BCUT2D eigenvalue weighted by Crippen LogP contribution is -2.49. The molecule has 31 heavy (non-hydrogen) atoms.